The van der Waals surface area contributed by atoms with E-state index in [0.29, 0.717) is 11.5 Å². The highest BCUT2D eigenvalue weighted by atomic mass is 19.1. The normalized spacial score (nSPS) is 10.5. The molecular formula is C12H13F2N3. The third-order valence-corrected chi connectivity index (χ3v) is 2.35. The zero-order valence-corrected chi connectivity index (χ0v) is 9.43. The van der Waals surface area contributed by atoms with Crippen LogP contribution in [0.1, 0.15) is 13.3 Å². The van der Waals surface area contributed by atoms with Crippen LogP contribution in [0.25, 0.3) is 11.3 Å². The number of nitrogens with zero attached hydrogens (tertiary/aromatic N) is 1. The molecule has 0 aliphatic heterocycles. The Morgan fingerprint density at radius 1 is 1.29 bits per heavy atom. The second-order valence-electron chi connectivity index (χ2n) is 3.72. The lowest BCUT2D eigenvalue weighted by Crippen LogP contribution is -1.99. The van der Waals surface area contributed by atoms with E-state index in [1.165, 1.54) is 0 Å². The van der Waals surface area contributed by atoms with Gasteiger partial charge in [-0.3, -0.25) is 5.10 Å². The summed E-state index contributed by atoms with van der Waals surface area (Å²) in [6.45, 7) is 2.82. The van der Waals surface area contributed by atoms with Crippen LogP contribution in [0.2, 0.25) is 0 Å². The SMILES string of the molecule is CCCNc1cc(-c2cc(F)ccc2F)[nH]n1. The van der Waals surface area contributed by atoms with Crippen LogP contribution in [-0.4, -0.2) is 16.7 Å². The summed E-state index contributed by atoms with van der Waals surface area (Å²) in [5, 5.41) is 9.72. The number of aromatic nitrogens is 2. The van der Waals surface area contributed by atoms with E-state index in [4.69, 9.17) is 0 Å². The summed E-state index contributed by atoms with van der Waals surface area (Å²) >= 11 is 0. The standard InChI is InChI=1S/C12H13F2N3/c1-2-5-15-12-7-11(16-17-12)9-6-8(13)3-4-10(9)14/h3-4,6-7H,2,5H2,1H3,(H2,15,16,17). The number of hydrogen-bond donors (Lipinski definition) is 2. The quantitative estimate of drug-likeness (QED) is 0.857. The Morgan fingerprint density at radius 2 is 2.12 bits per heavy atom. The number of halogens is 2. The third-order valence-electron chi connectivity index (χ3n) is 2.35. The molecule has 1 aromatic heterocycles. The van der Waals surface area contributed by atoms with Crippen molar-refractivity contribution in [2.75, 3.05) is 11.9 Å². The van der Waals surface area contributed by atoms with Crippen LogP contribution in [0.5, 0.6) is 0 Å². The van der Waals surface area contributed by atoms with E-state index in [1.54, 1.807) is 6.07 Å². The van der Waals surface area contributed by atoms with Crippen molar-refractivity contribution in [1.29, 1.82) is 0 Å². The molecule has 1 aromatic carbocycles. The van der Waals surface area contributed by atoms with Crippen LogP contribution in [0.15, 0.2) is 24.3 Å². The van der Waals surface area contributed by atoms with E-state index >= 15 is 0 Å². The molecule has 0 atom stereocenters. The van der Waals surface area contributed by atoms with Crippen molar-refractivity contribution < 1.29 is 8.78 Å². The van der Waals surface area contributed by atoms with Gasteiger partial charge in [0.1, 0.15) is 17.5 Å². The highest BCUT2D eigenvalue weighted by Crippen LogP contribution is 2.23. The molecule has 0 amide bonds. The molecule has 0 aliphatic carbocycles. The van der Waals surface area contributed by atoms with Gasteiger partial charge in [0.15, 0.2) is 0 Å². The van der Waals surface area contributed by atoms with Crippen molar-refractivity contribution in [3.8, 4) is 11.3 Å². The van der Waals surface area contributed by atoms with Crippen molar-refractivity contribution in [2.45, 2.75) is 13.3 Å². The van der Waals surface area contributed by atoms with Gasteiger partial charge in [-0.05, 0) is 24.6 Å². The van der Waals surface area contributed by atoms with Gasteiger partial charge in [0.2, 0.25) is 0 Å². The Bertz CT molecular complexity index is 508. The van der Waals surface area contributed by atoms with Gasteiger partial charge in [0.05, 0.1) is 5.69 Å². The van der Waals surface area contributed by atoms with E-state index < -0.39 is 11.6 Å². The molecule has 2 aromatic rings. The average molecular weight is 237 g/mol. The van der Waals surface area contributed by atoms with Crippen molar-refractivity contribution >= 4 is 5.82 Å². The fourth-order valence-electron chi connectivity index (χ4n) is 1.51. The van der Waals surface area contributed by atoms with Crippen LogP contribution in [0, 0.1) is 11.6 Å². The summed E-state index contributed by atoms with van der Waals surface area (Å²) in [7, 11) is 0. The highest BCUT2D eigenvalue weighted by molar-refractivity contribution is 5.63. The summed E-state index contributed by atoms with van der Waals surface area (Å²) in [5.74, 6) is -0.318. The van der Waals surface area contributed by atoms with Crippen molar-refractivity contribution in [2.24, 2.45) is 0 Å². The Kier molecular flexibility index (Phi) is 3.37. The minimum absolute atomic E-state index is 0.182. The molecule has 0 saturated heterocycles. The molecular weight excluding hydrogens is 224 g/mol. The summed E-state index contributed by atoms with van der Waals surface area (Å²) in [6.07, 6.45) is 0.969. The lowest BCUT2D eigenvalue weighted by atomic mass is 10.1. The molecule has 3 nitrogen and oxygen atoms in total. The van der Waals surface area contributed by atoms with Gasteiger partial charge in [-0.1, -0.05) is 6.92 Å². The summed E-state index contributed by atoms with van der Waals surface area (Å²) < 4.78 is 26.5. The molecule has 5 heteroatoms. The first-order valence-electron chi connectivity index (χ1n) is 5.45. The number of rotatable bonds is 4. The van der Waals surface area contributed by atoms with E-state index in [1.807, 2.05) is 6.92 Å². The van der Waals surface area contributed by atoms with Crippen LogP contribution < -0.4 is 5.32 Å². The van der Waals surface area contributed by atoms with E-state index in [0.717, 1.165) is 31.2 Å². The first kappa shape index (κ1) is 11.6. The van der Waals surface area contributed by atoms with Gasteiger partial charge in [0, 0.05) is 18.2 Å². The van der Waals surface area contributed by atoms with E-state index in [-0.39, 0.29) is 5.56 Å². The molecule has 0 radical (unpaired) electrons. The largest absolute Gasteiger partial charge is 0.369 e. The molecule has 0 fully saturated rings. The topological polar surface area (TPSA) is 40.7 Å². The number of benzene rings is 1. The predicted octanol–water partition coefficient (Wildman–Crippen LogP) is 3.18. The van der Waals surface area contributed by atoms with Crippen molar-refractivity contribution in [1.82, 2.24) is 10.2 Å². The molecule has 17 heavy (non-hydrogen) atoms. The highest BCUT2D eigenvalue weighted by Gasteiger charge is 2.09. The van der Waals surface area contributed by atoms with Crippen LogP contribution in [0.4, 0.5) is 14.6 Å². The minimum atomic E-state index is -0.475. The Balaban J connectivity index is 2.27. The zero-order valence-electron chi connectivity index (χ0n) is 9.43. The number of H-pyrrole nitrogens is 1. The molecule has 0 saturated carbocycles. The van der Waals surface area contributed by atoms with Crippen LogP contribution in [0.3, 0.4) is 0 Å². The second kappa shape index (κ2) is 4.95. The van der Waals surface area contributed by atoms with E-state index in [9.17, 15) is 8.78 Å². The molecule has 1 heterocycles. The molecule has 0 spiro atoms. The number of nitrogens with one attached hydrogen (secondary N) is 2. The molecule has 90 valence electrons. The first-order chi connectivity index (χ1) is 8.20. The van der Waals surface area contributed by atoms with Gasteiger partial charge in [-0.15, -0.1) is 0 Å². The maximum absolute atomic E-state index is 13.5. The zero-order chi connectivity index (χ0) is 12.3. The number of aromatic amines is 1. The molecule has 0 aliphatic rings. The van der Waals surface area contributed by atoms with Crippen LogP contribution in [-0.2, 0) is 0 Å². The Labute approximate surface area is 97.9 Å². The first-order valence-corrected chi connectivity index (χ1v) is 5.45. The smallest absolute Gasteiger partial charge is 0.148 e. The lowest BCUT2D eigenvalue weighted by molar-refractivity contribution is 0.602. The fourth-order valence-corrected chi connectivity index (χ4v) is 1.51. The number of anilines is 1. The Morgan fingerprint density at radius 3 is 2.88 bits per heavy atom. The maximum atomic E-state index is 13.5. The second-order valence-corrected chi connectivity index (χ2v) is 3.72. The maximum Gasteiger partial charge on any atom is 0.148 e. The number of hydrogen-bond acceptors (Lipinski definition) is 2. The van der Waals surface area contributed by atoms with E-state index in [2.05, 4.69) is 15.5 Å². The summed E-state index contributed by atoms with van der Waals surface area (Å²) in [4.78, 5) is 0. The fraction of sp³-hybridized carbons (Fsp3) is 0.250. The summed E-state index contributed by atoms with van der Waals surface area (Å²) in [5.41, 5.74) is 0.641. The third kappa shape index (κ3) is 2.61. The average Bonchev–Trinajstić information content (AvgIpc) is 2.78. The van der Waals surface area contributed by atoms with Crippen molar-refractivity contribution in [3.63, 3.8) is 0 Å². The summed E-state index contributed by atoms with van der Waals surface area (Å²) in [6, 6.07) is 5.00. The van der Waals surface area contributed by atoms with Crippen LogP contribution >= 0.6 is 0 Å². The van der Waals surface area contributed by atoms with Crippen molar-refractivity contribution in [3.05, 3.63) is 35.9 Å². The lowest BCUT2D eigenvalue weighted by Gasteiger charge is -1.99. The van der Waals surface area contributed by atoms with Gasteiger partial charge < -0.3 is 5.32 Å². The molecule has 0 unspecified atom stereocenters. The van der Waals surface area contributed by atoms with Gasteiger partial charge >= 0.3 is 0 Å². The van der Waals surface area contributed by atoms with Gasteiger partial charge in [0.25, 0.3) is 0 Å². The Hall–Kier alpha value is -1.91. The molecule has 0 bridgehead atoms. The predicted molar refractivity (Wildman–Crippen MR) is 62.7 cm³/mol. The van der Waals surface area contributed by atoms with Gasteiger partial charge in [-0.2, -0.15) is 5.10 Å². The van der Waals surface area contributed by atoms with Gasteiger partial charge in [-0.25, -0.2) is 8.78 Å². The molecule has 2 N–H and O–H groups in total. The molecule has 2 rings (SSSR count). The monoisotopic (exact) mass is 237 g/mol. The minimum Gasteiger partial charge on any atom is -0.369 e.